The van der Waals surface area contributed by atoms with Crippen LogP contribution in [0, 0.1) is 6.92 Å². The van der Waals surface area contributed by atoms with Crippen LogP contribution in [0.15, 0.2) is 47.7 Å². The van der Waals surface area contributed by atoms with Gasteiger partial charge in [0.15, 0.2) is 6.39 Å². The van der Waals surface area contributed by atoms with Crippen LogP contribution in [0.4, 0.5) is 32.2 Å². The molecule has 0 aromatic carbocycles. The maximum atomic E-state index is 13.4. The number of carbonyl (C=O) groups excluding carboxylic acids is 2. The number of rotatable bonds is 3. The van der Waals surface area contributed by atoms with Crippen LogP contribution < -0.4 is 4.90 Å². The molecule has 3 aromatic rings. The molecule has 3 aromatic heterocycles. The highest BCUT2D eigenvalue weighted by Crippen LogP contribution is 2.35. The van der Waals surface area contributed by atoms with E-state index in [1.54, 1.807) is 0 Å². The molecule has 3 heterocycles. The highest BCUT2D eigenvalue weighted by Gasteiger charge is 2.42. The fourth-order valence-corrected chi connectivity index (χ4v) is 2.65. The number of halogens is 6. The van der Waals surface area contributed by atoms with Crippen LogP contribution in [0.2, 0.25) is 0 Å². The van der Waals surface area contributed by atoms with Crippen LogP contribution >= 0.6 is 0 Å². The van der Waals surface area contributed by atoms with E-state index in [1.165, 1.54) is 6.92 Å². The number of anilines is 1. The largest absolute Gasteiger partial charge is 0.427 e. The van der Waals surface area contributed by atoms with E-state index in [2.05, 4.69) is 15.0 Å². The Bertz CT molecular complexity index is 1070. The monoisotopic (exact) mass is 444 g/mol. The maximum absolute atomic E-state index is 13.4. The van der Waals surface area contributed by atoms with Crippen molar-refractivity contribution in [3.8, 4) is 0 Å². The van der Waals surface area contributed by atoms with E-state index >= 15 is 0 Å². The van der Waals surface area contributed by atoms with Crippen molar-refractivity contribution in [1.82, 2.24) is 15.0 Å². The summed E-state index contributed by atoms with van der Waals surface area (Å²) < 4.78 is 85.1. The van der Waals surface area contributed by atoms with E-state index in [0.29, 0.717) is 24.5 Å². The van der Waals surface area contributed by atoms with Gasteiger partial charge in [-0.3, -0.25) is 19.6 Å². The van der Waals surface area contributed by atoms with Crippen LogP contribution in [0.3, 0.4) is 0 Å². The molecule has 0 atom stereocenters. The quantitative estimate of drug-likeness (QED) is 0.442. The predicted octanol–water partition coefficient (Wildman–Crippen LogP) is 4.30. The number of aromatic nitrogens is 3. The van der Waals surface area contributed by atoms with Gasteiger partial charge in [0.25, 0.3) is 11.8 Å². The molecule has 3 rings (SSSR count). The van der Waals surface area contributed by atoms with Gasteiger partial charge in [-0.1, -0.05) is 0 Å². The van der Waals surface area contributed by atoms with E-state index < -0.39 is 52.3 Å². The summed E-state index contributed by atoms with van der Waals surface area (Å²) in [5, 5.41) is 0. The second-order valence-corrected chi connectivity index (χ2v) is 6.03. The van der Waals surface area contributed by atoms with Gasteiger partial charge in [-0.2, -0.15) is 26.3 Å². The molecule has 7 nitrogen and oxygen atoms in total. The number of aryl methyl sites for hydroxylation is 1. The number of alkyl halides is 6. The summed E-state index contributed by atoms with van der Waals surface area (Å²) in [7, 11) is 0. The Hall–Kier alpha value is -3.77. The van der Waals surface area contributed by atoms with E-state index in [-0.39, 0.29) is 10.6 Å². The molecule has 0 radical (unpaired) electrons. The van der Waals surface area contributed by atoms with Crippen LogP contribution in [-0.2, 0) is 12.4 Å². The lowest BCUT2D eigenvalue weighted by Crippen LogP contribution is -2.39. The maximum Gasteiger partial charge on any atom is 0.417 e. The molecule has 2 amide bonds. The normalized spacial score (nSPS) is 12.0. The van der Waals surface area contributed by atoms with Gasteiger partial charge in [-0.15, -0.1) is 0 Å². The standard InChI is InChI=1S/C18H10F6N4O3/c1-9-16(31-8-27-9)28(14(29)10-6-25-4-2-12(10)17(19,20)21)15(30)11-7-26-5-3-13(11)18(22,23)24/h2-8H,1H3. The van der Waals surface area contributed by atoms with Crippen molar-refractivity contribution >= 4 is 17.7 Å². The Balaban J connectivity index is 2.21. The van der Waals surface area contributed by atoms with Crippen LogP contribution in [0.5, 0.6) is 0 Å². The van der Waals surface area contributed by atoms with Crippen molar-refractivity contribution in [3.63, 3.8) is 0 Å². The number of nitrogens with zero attached hydrogens (tertiary/aromatic N) is 4. The minimum Gasteiger partial charge on any atom is -0.427 e. The summed E-state index contributed by atoms with van der Waals surface area (Å²) in [4.78, 5) is 36.6. The Morgan fingerprint density at radius 2 is 1.32 bits per heavy atom. The fraction of sp³-hybridized carbons (Fsp3) is 0.167. The third kappa shape index (κ3) is 4.25. The van der Waals surface area contributed by atoms with Crippen molar-refractivity contribution < 1.29 is 40.3 Å². The molecule has 0 unspecified atom stereocenters. The van der Waals surface area contributed by atoms with E-state index in [9.17, 15) is 35.9 Å². The lowest BCUT2D eigenvalue weighted by Gasteiger charge is -2.22. The Labute approximate surface area is 169 Å². The molecule has 162 valence electrons. The molecule has 0 N–H and O–H groups in total. The average Bonchev–Trinajstić information content (AvgIpc) is 3.12. The zero-order chi connectivity index (χ0) is 23.0. The predicted molar refractivity (Wildman–Crippen MR) is 90.9 cm³/mol. The topological polar surface area (TPSA) is 89.2 Å². The molecule has 0 aliphatic rings. The number of hydrogen-bond donors (Lipinski definition) is 0. The van der Waals surface area contributed by atoms with Gasteiger partial charge in [-0.25, -0.2) is 9.88 Å². The zero-order valence-electron chi connectivity index (χ0n) is 15.3. The lowest BCUT2D eigenvalue weighted by molar-refractivity contribution is -0.138. The third-order valence-electron chi connectivity index (χ3n) is 4.04. The van der Waals surface area contributed by atoms with Crippen molar-refractivity contribution in [1.29, 1.82) is 0 Å². The first-order valence-corrected chi connectivity index (χ1v) is 8.24. The van der Waals surface area contributed by atoms with Crippen LogP contribution in [0.1, 0.15) is 37.5 Å². The van der Waals surface area contributed by atoms with Gasteiger partial charge in [-0.05, 0) is 19.1 Å². The van der Waals surface area contributed by atoms with E-state index in [1.807, 2.05) is 0 Å². The minimum atomic E-state index is -5.01. The minimum absolute atomic E-state index is 0.0425. The molecular formula is C18H10F6N4O3. The third-order valence-corrected chi connectivity index (χ3v) is 4.04. The number of oxazole rings is 1. The van der Waals surface area contributed by atoms with E-state index in [0.717, 1.165) is 18.8 Å². The second-order valence-electron chi connectivity index (χ2n) is 6.03. The highest BCUT2D eigenvalue weighted by atomic mass is 19.4. The Kier molecular flexibility index (Phi) is 5.53. The number of hydrogen-bond acceptors (Lipinski definition) is 6. The number of pyridine rings is 2. The van der Waals surface area contributed by atoms with Gasteiger partial charge in [0.05, 0.1) is 22.3 Å². The molecule has 0 spiro atoms. The summed E-state index contributed by atoms with van der Waals surface area (Å²) >= 11 is 0. The summed E-state index contributed by atoms with van der Waals surface area (Å²) in [6.07, 6.45) is -6.60. The SMILES string of the molecule is Cc1ncoc1N(C(=O)c1cnccc1C(F)(F)F)C(=O)c1cnccc1C(F)(F)F. The van der Waals surface area contributed by atoms with Crippen molar-refractivity contribution in [2.45, 2.75) is 19.3 Å². The molecule has 13 heteroatoms. The Morgan fingerprint density at radius 3 is 1.68 bits per heavy atom. The fourth-order valence-electron chi connectivity index (χ4n) is 2.65. The van der Waals surface area contributed by atoms with Crippen molar-refractivity contribution in [2.24, 2.45) is 0 Å². The lowest BCUT2D eigenvalue weighted by atomic mass is 10.1. The van der Waals surface area contributed by atoms with Crippen molar-refractivity contribution in [2.75, 3.05) is 4.90 Å². The Morgan fingerprint density at radius 1 is 0.871 bits per heavy atom. The summed E-state index contributed by atoms with van der Waals surface area (Å²) in [5.74, 6) is -3.87. The summed E-state index contributed by atoms with van der Waals surface area (Å²) in [6, 6.07) is 0.989. The van der Waals surface area contributed by atoms with Crippen molar-refractivity contribution in [3.05, 3.63) is 71.3 Å². The average molecular weight is 444 g/mol. The zero-order valence-corrected chi connectivity index (χ0v) is 15.3. The number of imide groups is 1. The van der Waals surface area contributed by atoms with Gasteiger partial charge in [0, 0.05) is 24.8 Å². The second kappa shape index (κ2) is 7.81. The molecule has 0 aliphatic carbocycles. The molecule has 0 saturated carbocycles. The highest BCUT2D eigenvalue weighted by molar-refractivity contribution is 6.25. The summed E-state index contributed by atoms with van der Waals surface area (Å²) in [5.41, 5.74) is -5.15. The van der Waals surface area contributed by atoms with Gasteiger partial charge in [0.2, 0.25) is 5.88 Å². The molecular weight excluding hydrogens is 434 g/mol. The molecule has 0 saturated heterocycles. The molecule has 0 fully saturated rings. The van der Waals surface area contributed by atoms with Crippen LogP contribution in [-0.4, -0.2) is 26.8 Å². The van der Waals surface area contributed by atoms with Gasteiger partial charge >= 0.3 is 12.4 Å². The first kappa shape index (κ1) is 21.9. The molecule has 31 heavy (non-hydrogen) atoms. The molecule has 0 bridgehead atoms. The van der Waals surface area contributed by atoms with Crippen LogP contribution in [0.25, 0.3) is 0 Å². The number of amides is 2. The number of carbonyl (C=O) groups is 2. The van der Waals surface area contributed by atoms with Gasteiger partial charge < -0.3 is 4.42 Å². The smallest absolute Gasteiger partial charge is 0.417 e. The van der Waals surface area contributed by atoms with Gasteiger partial charge in [0.1, 0.15) is 5.69 Å². The van der Waals surface area contributed by atoms with E-state index in [4.69, 9.17) is 4.42 Å². The summed E-state index contributed by atoms with van der Waals surface area (Å²) in [6.45, 7) is 1.24. The first-order valence-electron chi connectivity index (χ1n) is 8.24. The molecule has 0 aliphatic heterocycles. The first-order chi connectivity index (χ1) is 14.4.